The summed E-state index contributed by atoms with van der Waals surface area (Å²) in [5.41, 5.74) is 0. The smallest absolute Gasteiger partial charge is 0.212 e. The lowest BCUT2D eigenvalue weighted by Gasteiger charge is -1.84. The number of rotatable bonds is 1. The second kappa shape index (κ2) is 1.85. The van der Waals surface area contributed by atoms with Crippen LogP contribution >= 0.6 is 10.7 Å². The molecule has 50 valence electrons. The van der Waals surface area contributed by atoms with Gasteiger partial charge in [-0.05, 0) is 0 Å². The summed E-state index contributed by atoms with van der Waals surface area (Å²) in [7, 11) is -4.10. The predicted octanol–water partition coefficient (Wildman–Crippen LogP) is -0.485. The van der Waals surface area contributed by atoms with Crippen molar-refractivity contribution in [2.75, 3.05) is 6.26 Å². The quantitative estimate of drug-likeness (QED) is 0.402. The molecule has 0 aliphatic rings. The molecule has 0 radical (unpaired) electrons. The summed E-state index contributed by atoms with van der Waals surface area (Å²) in [6.07, 6.45) is 0.523. The fourth-order valence-corrected chi connectivity index (χ4v) is 0. The van der Waals surface area contributed by atoms with Gasteiger partial charge in [0.2, 0.25) is 0 Å². The Bertz CT molecular complexity index is 226. The first-order valence-electron chi connectivity index (χ1n) is 1.40. The van der Waals surface area contributed by atoms with E-state index < -0.39 is 17.0 Å². The van der Waals surface area contributed by atoms with E-state index in [-0.39, 0.29) is 0 Å². The molecule has 0 N–H and O–H groups in total. The Morgan fingerprint density at radius 3 is 1.25 bits per heavy atom. The molecule has 8 heavy (non-hydrogen) atoms. The SMILES string of the molecule is CS(=O)(=O)S(=O)(=O)Cl. The summed E-state index contributed by atoms with van der Waals surface area (Å²) in [4.78, 5) is 0. The molecule has 0 rings (SSSR count). The van der Waals surface area contributed by atoms with E-state index in [1.54, 1.807) is 0 Å². The average molecular weight is 179 g/mol. The lowest BCUT2D eigenvalue weighted by molar-refractivity contribution is 0.593. The van der Waals surface area contributed by atoms with Gasteiger partial charge in [-0.3, -0.25) is 0 Å². The van der Waals surface area contributed by atoms with Crippen molar-refractivity contribution in [2.24, 2.45) is 0 Å². The van der Waals surface area contributed by atoms with Crippen LogP contribution in [0.4, 0.5) is 0 Å². The third kappa shape index (κ3) is 1.97. The Morgan fingerprint density at radius 1 is 1.12 bits per heavy atom. The number of hydrogen-bond acceptors (Lipinski definition) is 4. The molecule has 0 aliphatic heterocycles. The minimum Gasteiger partial charge on any atom is -0.212 e. The first-order chi connectivity index (χ1) is 3.25. The van der Waals surface area contributed by atoms with E-state index in [0.717, 1.165) is 0 Å². The zero-order valence-corrected chi connectivity index (χ0v) is 6.22. The van der Waals surface area contributed by atoms with Crippen molar-refractivity contribution in [2.45, 2.75) is 0 Å². The molecule has 0 unspecified atom stereocenters. The van der Waals surface area contributed by atoms with Crippen molar-refractivity contribution < 1.29 is 16.8 Å². The monoisotopic (exact) mass is 178 g/mol. The van der Waals surface area contributed by atoms with E-state index in [1.165, 1.54) is 0 Å². The molecule has 0 fully saturated rings. The van der Waals surface area contributed by atoms with Crippen LogP contribution in [0.3, 0.4) is 0 Å². The maximum atomic E-state index is 9.93. The zero-order valence-electron chi connectivity index (χ0n) is 3.83. The predicted molar refractivity (Wildman–Crippen MR) is 29.6 cm³/mol. The summed E-state index contributed by atoms with van der Waals surface area (Å²) in [5, 5.41) is 0. The van der Waals surface area contributed by atoms with E-state index in [4.69, 9.17) is 0 Å². The molecular formula is CH3ClO4S2. The van der Waals surface area contributed by atoms with Crippen LogP contribution in [-0.2, 0) is 17.0 Å². The third-order valence-corrected chi connectivity index (χ3v) is 5.31. The van der Waals surface area contributed by atoms with Gasteiger partial charge >= 0.3 is 8.08 Å². The highest BCUT2D eigenvalue weighted by atomic mass is 35.8. The van der Waals surface area contributed by atoms with Gasteiger partial charge in [0.15, 0.2) is 0 Å². The average Bonchev–Trinajstić information content (AvgIpc) is 1.25. The van der Waals surface area contributed by atoms with Crippen LogP contribution in [0.15, 0.2) is 0 Å². The van der Waals surface area contributed by atoms with Crippen molar-refractivity contribution in [1.82, 2.24) is 0 Å². The lowest BCUT2D eigenvalue weighted by Crippen LogP contribution is -2.04. The van der Waals surface area contributed by atoms with Crippen LogP contribution in [0.5, 0.6) is 0 Å². The van der Waals surface area contributed by atoms with Gasteiger partial charge in [0.25, 0.3) is 8.87 Å². The molecule has 0 saturated heterocycles. The molecule has 0 aromatic carbocycles. The van der Waals surface area contributed by atoms with Crippen LogP contribution in [0.25, 0.3) is 0 Å². The van der Waals surface area contributed by atoms with E-state index >= 15 is 0 Å². The van der Waals surface area contributed by atoms with Gasteiger partial charge < -0.3 is 0 Å². The van der Waals surface area contributed by atoms with Gasteiger partial charge in [-0.1, -0.05) is 0 Å². The molecule has 0 spiro atoms. The fraction of sp³-hybridized carbons (Fsp3) is 1.00. The van der Waals surface area contributed by atoms with Gasteiger partial charge in [-0.2, -0.15) is 8.42 Å². The molecule has 0 bridgehead atoms. The Kier molecular flexibility index (Phi) is 1.90. The third-order valence-electron chi connectivity index (χ3n) is 0.362. The summed E-state index contributed by atoms with van der Waals surface area (Å²) in [6, 6.07) is 0. The largest absolute Gasteiger partial charge is 0.337 e. The van der Waals surface area contributed by atoms with Crippen LogP contribution in [0.2, 0.25) is 0 Å². The normalized spacial score (nSPS) is 13.8. The van der Waals surface area contributed by atoms with E-state index in [9.17, 15) is 16.8 Å². The minimum atomic E-state index is -4.40. The van der Waals surface area contributed by atoms with E-state index in [2.05, 4.69) is 10.7 Å². The van der Waals surface area contributed by atoms with Gasteiger partial charge in [-0.25, -0.2) is 8.42 Å². The molecule has 0 heterocycles. The van der Waals surface area contributed by atoms with Crippen molar-refractivity contribution in [3.05, 3.63) is 0 Å². The maximum absolute atomic E-state index is 9.93. The topological polar surface area (TPSA) is 68.3 Å². The Labute approximate surface area is 51.2 Å². The maximum Gasteiger partial charge on any atom is 0.337 e. The first kappa shape index (κ1) is 8.19. The van der Waals surface area contributed by atoms with E-state index in [1.807, 2.05) is 0 Å². The van der Waals surface area contributed by atoms with Gasteiger partial charge in [-0.15, -0.1) is 0 Å². The molecular weight excluding hydrogens is 176 g/mol. The summed E-state index contributed by atoms with van der Waals surface area (Å²) in [6.45, 7) is 0. The molecule has 0 atom stereocenters. The molecule has 0 aliphatic carbocycles. The Balaban J connectivity index is 5.18. The highest BCUT2D eigenvalue weighted by molar-refractivity contribution is 8.75. The molecule has 0 saturated carbocycles. The Hall–Kier alpha value is 0.190. The van der Waals surface area contributed by atoms with Crippen molar-refractivity contribution >= 4 is 27.6 Å². The molecule has 4 nitrogen and oxygen atoms in total. The minimum absolute atomic E-state index is 0.523. The summed E-state index contributed by atoms with van der Waals surface area (Å²) < 4.78 is 39.5. The van der Waals surface area contributed by atoms with Gasteiger partial charge in [0, 0.05) is 10.7 Å². The molecule has 0 aromatic heterocycles. The van der Waals surface area contributed by atoms with Crippen LogP contribution in [-0.4, -0.2) is 23.1 Å². The van der Waals surface area contributed by atoms with Crippen molar-refractivity contribution in [3.63, 3.8) is 0 Å². The van der Waals surface area contributed by atoms with Crippen LogP contribution in [0.1, 0.15) is 0 Å². The molecule has 7 heteroatoms. The standard InChI is InChI=1S/CH3ClO4S2/c1-7(3,4)8(2,5)6/h1H3. The lowest BCUT2D eigenvalue weighted by atomic mass is 12.0. The van der Waals surface area contributed by atoms with E-state index in [0.29, 0.717) is 6.26 Å². The Morgan fingerprint density at radius 2 is 1.25 bits per heavy atom. The second-order valence-electron chi connectivity index (χ2n) is 1.10. The summed E-state index contributed by atoms with van der Waals surface area (Å²) in [5.74, 6) is 0. The van der Waals surface area contributed by atoms with Crippen LogP contribution in [0, 0.1) is 0 Å². The summed E-state index contributed by atoms with van der Waals surface area (Å²) >= 11 is 0. The number of hydrogen-bond donors (Lipinski definition) is 0. The number of halogens is 1. The highest BCUT2D eigenvalue weighted by Crippen LogP contribution is 2.03. The second-order valence-corrected chi connectivity index (χ2v) is 8.19. The van der Waals surface area contributed by atoms with Gasteiger partial charge in [0.1, 0.15) is 0 Å². The van der Waals surface area contributed by atoms with Gasteiger partial charge in [0.05, 0.1) is 6.26 Å². The van der Waals surface area contributed by atoms with Crippen molar-refractivity contribution in [3.8, 4) is 0 Å². The zero-order chi connectivity index (χ0) is 7.00. The molecule has 0 aromatic rings. The van der Waals surface area contributed by atoms with Crippen LogP contribution < -0.4 is 0 Å². The highest BCUT2D eigenvalue weighted by Gasteiger charge is 2.19. The fourth-order valence-electron chi connectivity index (χ4n) is 0. The first-order valence-corrected chi connectivity index (χ1v) is 6.11. The van der Waals surface area contributed by atoms with Crippen molar-refractivity contribution in [1.29, 1.82) is 0 Å². The molecule has 0 amide bonds.